The summed E-state index contributed by atoms with van der Waals surface area (Å²) in [7, 11) is 0. The maximum Gasteiger partial charge on any atom is 0.135 e. The van der Waals surface area contributed by atoms with E-state index in [2.05, 4.69) is 40.7 Å². The molecule has 0 bridgehead atoms. The number of carbonyl (C=O) groups is 1. The van der Waals surface area contributed by atoms with Gasteiger partial charge in [-0.3, -0.25) is 4.79 Å². The molecule has 0 saturated heterocycles. The SMILES string of the molecule is CC(C)C(=O)CC[C@@H](C)[C@H]1CC[C@H]2C3=CCC4CCCC[C@]4(C)[C@H]3CC[C@]12C. The zero-order valence-corrected chi connectivity index (χ0v) is 19.2. The van der Waals surface area contributed by atoms with Crippen molar-refractivity contribution in [2.45, 2.75) is 105 Å². The molecule has 0 amide bonds. The van der Waals surface area contributed by atoms with Gasteiger partial charge in [0.25, 0.3) is 0 Å². The van der Waals surface area contributed by atoms with Crippen LogP contribution in [-0.2, 0) is 4.79 Å². The van der Waals surface area contributed by atoms with Gasteiger partial charge in [0.2, 0.25) is 0 Å². The number of allylic oxidation sites excluding steroid dienone is 2. The summed E-state index contributed by atoms with van der Waals surface area (Å²) in [6, 6.07) is 0. The van der Waals surface area contributed by atoms with Crippen LogP contribution in [0.3, 0.4) is 0 Å². The van der Waals surface area contributed by atoms with Gasteiger partial charge in [0.15, 0.2) is 0 Å². The minimum atomic E-state index is 0.200. The largest absolute Gasteiger partial charge is 0.299 e. The van der Waals surface area contributed by atoms with Crippen LogP contribution < -0.4 is 0 Å². The number of fused-ring (bicyclic) bond motifs is 5. The van der Waals surface area contributed by atoms with Crippen molar-refractivity contribution >= 4 is 5.78 Å². The number of carbonyl (C=O) groups excluding carboxylic acids is 1. The van der Waals surface area contributed by atoms with Crippen molar-refractivity contribution in [3.63, 3.8) is 0 Å². The maximum absolute atomic E-state index is 12.2. The highest BCUT2D eigenvalue weighted by Gasteiger charge is 2.57. The van der Waals surface area contributed by atoms with E-state index in [-0.39, 0.29) is 5.92 Å². The molecule has 0 radical (unpaired) electrons. The first-order chi connectivity index (χ1) is 13.3. The van der Waals surface area contributed by atoms with E-state index in [1.165, 1.54) is 57.8 Å². The number of rotatable bonds is 5. The molecule has 1 nitrogen and oxygen atoms in total. The molecule has 0 aromatic heterocycles. The van der Waals surface area contributed by atoms with Crippen LogP contribution in [0.1, 0.15) is 105 Å². The molecule has 7 atom stereocenters. The van der Waals surface area contributed by atoms with Crippen molar-refractivity contribution in [2.24, 2.45) is 46.3 Å². The molecule has 0 aromatic carbocycles. The Kier molecular flexibility index (Phi) is 5.60. The van der Waals surface area contributed by atoms with Gasteiger partial charge in [-0.1, -0.05) is 59.1 Å². The monoisotopic (exact) mass is 384 g/mol. The Labute approximate surface area is 174 Å². The molecule has 1 unspecified atom stereocenters. The second kappa shape index (κ2) is 7.59. The van der Waals surface area contributed by atoms with Crippen molar-refractivity contribution in [2.75, 3.05) is 0 Å². The zero-order valence-electron chi connectivity index (χ0n) is 19.2. The summed E-state index contributed by atoms with van der Waals surface area (Å²) in [6.07, 6.45) is 17.5. The molecule has 3 fully saturated rings. The lowest BCUT2D eigenvalue weighted by molar-refractivity contribution is -0.122. The molecule has 0 N–H and O–H groups in total. The van der Waals surface area contributed by atoms with E-state index < -0.39 is 0 Å². The van der Waals surface area contributed by atoms with E-state index in [4.69, 9.17) is 0 Å². The highest BCUT2D eigenvalue weighted by molar-refractivity contribution is 5.80. The number of Topliss-reactive ketones (excluding diaryl/α,β-unsaturated/α-hetero) is 1. The van der Waals surface area contributed by atoms with Crippen LogP contribution in [0.4, 0.5) is 0 Å². The molecule has 4 aliphatic carbocycles. The van der Waals surface area contributed by atoms with E-state index in [1.807, 2.05) is 5.57 Å². The average molecular weight is 385 g/mol. The topological polar surface area (TPSA) is 17.1 Å². The van der Waals surface area contributed by atoms with Crippen molar-refractivity contribution < 1.29 is 4.79 Å². The second-order valence-corrected chi connectivity index (χ2v) is 11.9. The fourth-order valence-electron chi connectivity index (χ4n) is 8.38. The Balaban J connectivity index is 1.50. The van der Waals surface area contributed by atoms with E-state index in [0.717, 1.165) is 36.5 Å². The Morgan fingerprint density at radius 3 is 2.50 bits per heavy atom. The Morgan fingerprint density at radius 1 is 1.00 bits per heavy atom. The summed E-state index contributed by atoms with van der Waals surface area (Å²) < 4.78 is 0. The summed E-state index contributed by atoms with van der Waals surface area (Å²) in [4.78, 5) is 12.2. The first-order valence-corrected chi connectivity index (χ1v) is 12.5. The lowest BCUT2D eigenvalue weighted by Gasteiger charge is -2.57. The van der Waals surface area contributed by atoms with Crippen molar-refractivity contribution in [1.29, 1.82) is 0 Å². The maximum atomic E-state index is 12.2. The molecular weight excluding hydrogens is 340 g/mol. The van der Waals surface area contributed by atoms with Gasteiger partial charge in [-0.05, 0) is 91.8 Å². The number of hydrogen-bond donors (Lipinski definition) is 0. The third kappa shape index (κ3) is 3.24. The fourth-order valence-corrected chi connectivity index (χ4v) is 8.38. The number of ketones is 1. The molecule has 0 spiro atoms. The third-order valence-corrected chi connectivity index (χ3v) is 10.2. The van der Waals surface area contributed by atoms with Gasteiger partial charge in [0, 0.05) is 12.3 Å². The normalized spacial score (nSPS) is 43.7. The van der Waals surface area contributed by atoms with E-state index in [1.54, 1.807) is 0 Å². The summed E-state index contributed by atoms with van der Waals surface area (Å²) in [5, 5.41) is 0. The smallest absolute Gasteiger partial charge is 0.135 e. The molecule has 28 heavy (non-hydrogen) atoms. The van der Waals surface area contributed by atoms with Gasteiger partial charge in [-0.25, -0.2) is 0 Å². The summed E-state index contributed by atoms with van der Waals surface area (Å²) in [5.41, 5.74) is 2.97. The molecule has 3 saturated carbocycles. The second-order valence-electron chi connectivity index (χ2n) is 11.9. The number of hydrogen-bond acceptors (Lipinski definition) is 1. The Morgan fingerprint density at radius 2 is 1.75 bits per heavy atom. The average Bonchev–Trinajstić information content (AvgIpc) is 3.02. The first-order valence-electron chi connectivity index (χ1n) is 12.5. The molecule has 0 aliphatic heterocycles. The molecule has 4 aliphatic rings. The minimum Gasteiger partial charge on any atom is -0.299 e. The molecular formula is C27H44O. The van der Waals surface area contributed by atoms with Crippen LogP contribution in [0, 0.1) is 46.3 Å². The van der Waals surface area contributed by atoms with Crippen LogP contribution in [0.15, 0.2) is 11.6 Å². The van der Waals surface area contributed by atoms with Crippen LogP contribution in [-0.4, -0.2) is 5.78 Å². The standard InChI is InChI=1S/C27H44O/c1-18(2)25(28)14-9-19(3)22-12-13-23-21-11-10-20-8-6-7-16-26(20,4)24(21)15-17-27(22,23)5/h11,18-20,22-24H,6-10,12-17H2,1-5H3/t19-,20?,22-,23+,24+,26+,27-/m1/s1. The van der Waals surface area contributed by atoms with Crippen molar-refractivity contribution in [3.8, 4) is 0 Å². The third-order valence-electron chi connectivity index (χ3n) is 10.2. The van der Waals surface area contributed by atoms with Gasteiger partial charge in [-0.2, -0.15) is 0 Å². The van der Waals surface area contributed by atoms with Crippen molar-refractivity contribution in [3.05, 3.63) is 11.6 Å². The summed E-state index contributed by atoms with van der Waals surface area (Å²) in [5.74, 6) is 4.83. The first kappa shape index (κ1) is 20.7. The van der Waals surface area contributed by atoms with Gasteiger partial charge in [-0.15, -0.1) is 0 Å². The molecule has 4 rings (SSSR count). The molecule has 0 aromatic rings. The van der Waals surface area contributed by atoms with E-state index >= 15 is 0 Å². The predicted octanol–water partition coefficient (Wildman–Crippen LogP) is 7.60. The lowest BCUT2D eigenvalue weighted by Crippen LogP contribution is -2.48. The summed E-state index contributed by atoms with van der Waals surface area (Å²) in [6.45, 7) is 11.8. The highest BCUT2D eigenvalue weighted by Crippen LogP contribution is 2.66. The van der Waals surface area contributed by atoms with Crippen LogP contribution in [0.2, 0.25) is 0 Å². The van der Waals surface area contributed by atoms with Gasteiger partial charge in [0.05, 0.1) is 0 Å². The fraction of sp³-hybridized carbons (Fsp3) is 0.889. The van der Waals surface area contributed by atoms with Crippen LogP contribution >= 0.6 is 0 Å². The van der Waals surface area contributed by atoms with Crippen LogP contribution in [0.5, 0.6) is 0 Å². The molecule has 0 heterocycles. The Hall–Kier alpha value is -0.590. The molecule has 158 valence electrons. The van der Waals surface area contributed by atoms with Gasteiger partial charge < -0.3 is 0 Å². The summed E-state index contributed by atoms with van der Waals surface area (Å²) >= 11 is 0. The minimum absolute atomic E-state index is 0.200. The quantitative estimate of drug-likeness (QED) is 0.446. The van der Waals surface area contributed by atoms with Gasteiger partial charge in [0.1, 0.15) is 5.78 Å². The predicted molar refractivity (Wildman–Crippen MR) is 118 cm³/mol. The van der Waals surface area contributed by atoms with Crippen molar-refractivity contribution in [1.82, 2.24) is 0 Å². The Bertz CT molecular complexity index is 630. The van der Waals surface area contributed by atoms with Crippen LogP contribution in [0.25, 0.3) is 0 Å². The highest BCUT2D eigenvalue weighted by atomic mass is 16.1. The van der Waals surface area contributed by atoms with E-state index in [0.29, 0.717) is 22.5 Å². The van der Waals surface area contributed by atoms with Gasteiger partial charge >= 0.3 is 0 Å². The lowest BCUT2D eigenvalue weighted by atomic mass is 9.48. The molecule has 1 heteroatoms. The zero-order chi connectivity index (χ0) is 20.1. The van der Waals surface area contributed by atoms with E-state index in [9.17, 15) is 4.79 Å².